The topological polar surface area (TPSA) is 61.3 Å². The quantitative estimate of drug-likeness (QED) is 0.724. The highest BCUT2D eigenvalue weighted by Crippen LogP contribution is 2.15. The molecule has 0 atom stereocenters. The number of rotatable bonds is 9. The Balaban J connectivity index is 2.76. The van der Waals surface area contributed by atoms with Crippen molar-refractivity contribution in [3.05, 3.63) is 18.0 Å². The van der Waals surface area contributed by atoms with Crippen molar-refractivity contribution in [1.82, 2.24) is 15.3 Å². The van der Waals surface area contributed by atoms with Crippen LogP contribution >= 0.6 is 0 Å². The van der Waals surface area contributed by atoms with Gasteiger partial charge in [0.2, 0.25) is 5.95 Å². The van der Waals surface area contributed by atoms with Gasteiger partial charge in [0.1, 0.15) is 0 Å². The van der Waals surface area contributed by atoms with Crippen LogP contribution in [0.5, 0.6) is 0 Å². The van der Waals surface area contributed by atoms with Gasteiger partial charge in [-0.3, -0.25) is 0 Å². The molecule has 1 aromatic rings. The maximum absolute atomic E-state index is 9.23. The zero-order valence-corrected chi connectivity index (χ0v) is 13.1. The van der Waals surface area contributed by atoms with E-state index in [1.165, 1.54) is 0 Å². The summed E-state index contributed by atoms with van der Waals surface area (Å²) in [5.41, 5.74) is 1.08. The first kappa shape index (κ1) is 16.9. The third-order valence-corrected chi connectivity index (χ3v) is 3.39. The summed E-state index contributed by atoms with van der Waals surface area (Å²) in [6, 6.07) is 0.826. The summed E-state index contributed by atoms with van der Waals surface area (Å²) in [4.78, 5) is 11.0. The highest BCUT2D eigenvalue weighted by Gasteiger charge is 2.17. The minimum atomic E-state index is 0.122. The lowest BCUT2D eigenvalue weighted by molar-refractivity contribution is 0.295. The van der Waals surface area contributed by atoms with Gasteiger partial charge in [-0.25, -0.2) is 9.97 Å². The molecule has 0 aliphatic rings. The first-order chi connectivity index (χ1) is 9.62. The van der Waals surface area contributed by atoms with Gasteiger partial charge in [0.25, 0.3) is 0 Å². The molecule has 0 bridgehead atoms. The van der Waals surface area contributed by atoms with Crippen LogP contribution < -0.4 is 10.2 Å². The standard InChI is InChI=1S/C15H28N4O/c1-5-14(6-2)19(7-8-20)15-17-10-13(11-18-15)9-16-12(3)4/h10-12,14,16,20H,5-9H2,1-4H3. The van der Waals surface area contributed by atoms with E-state index in [1.807, 2.05) is 12.4 Å². The van der Waals surface area contributed by atoms with E-state index < -0.39 is 0 Å². The Morgan fingerprint density at radius 2 is 1.80 bits per heavy atom. The van der Waals surface area contributed by atoms with Gasteiger partial charge >= 0.3 is 0 Å². The molecule has 0 saturated carbocycles. The van der Waals surface area contributed by atoms with E-state index in [2.05, 4.69) is 47.9 Å². The van der Waals surface area contributed by atoms with Crippen molar-refractivity contribution in [3.8, 4) is 0 Å². The van der Waals surface area contributed by atoms with Gasteiger partial charge in [-0.2, -0.15) is 0 Å². The van der Waals surface area contributed by atoms with Gasteiger partial charge in [0, 0.05) is 43.1 Å². The van der Waals surface area contributed by atoms with Crippen molar-refractivity contribution in [2.75, 3.05) is 18.1 Å². The molecule has 0 aromatic carbocycles. The minimum absolute atomic E-state index is 0.122. The predicted octanol–water partition coefficient (Wildman–Crippen LogP) is 1.96. The molecule has 1 rings (SSSR count). The fourth-order valence-corrected chi connectivity index (χ4v) is 2.19. The molecule has 0 aliphatic heterocycles. The molecule has 0 fully saturated rings. The number of nitrogens with one attached hydrogen (secondary N) is 1. The first-order valence-corrected chi connectivity index (χ1v) is 7.54. The average molecular weight is 280 g/mol. The third kappa shape index (κ3) is 5.06. The second-order valence-electron chi connectivity index (χ2n) is 5.31. The Labute approximate surface area is 122 Å². The summed E-state index contributed by atoms with van der Waals surface area (Å²) in [7, 11) is 0. The molecule has 20 heavy (non-hydrogen) atoms. The zero-order valence-electron chi connectivity index (χ0n) is 13.1. The van der Waals surface area contributed by atoms with Crippen LogP contribution in [0.15, 0.2) is 12.4 Å². The molecule has 5 heteroatoms. The minimum Gasteiger partial charge on any atom is -0.395 e. The number of aliphatic hydroxyl groups excluding tert-OH is 1. The second kappa shape index (κ2) is 8.87. The Morgan fingerprint density at radius 3 is 2.25 bits per heavy atom. The monoisotopic (exact) mass is 280 g/mol. The highest BCUT2D eigenvalue weighted by molar-refractivity contribution is 5.31. The van der Waals surface area contributed by atoms with Gasteiger partial charge in [-0.15, -0.1) is 0 Å². The molecule has 2 N–H and O–H groups in total. The summed E-state index contributed by atoms with van der Waals surface area (Å²) >= 11 is 0. The van der Waals surface area contributed by atoms with Crippen molar-refractivity contribution in [1.29, 1.82) is 0 Å². The van der Waals surface area contributed by atoms with E-state index in [0.717, 1.165) is 24.9 Å². The Morgan fingerprint density at radius 1 is 1.20 bits per heavy atom. The second-order valence-corrected chi connectivity index (χ2v) is 5.31. The van der Waals surface area contributed by atoms with E-state index in [-0.39, 0.29) is 6.61 Å². The summed E-state index contributed by atoms with van der Waals surface area (Å²) in [5, 5.41) is 12.6. The molecule has 114 valence electrons. The summed E-state index contributed by atoms with van der Waals surface area (Å²) in [5.74, 6) is 0.709. The van der Waals surface area contributed by atoms with Crippen LogP contribution in [0.4, 0.5) is 5.95 Å². The largest absolute Gasteiger partial charge is 0.395 e. The van der Waals surface area contributed by atoms with Gasteiger partial charge in [-0.1, -0.05) is 27.7 Å². The Bertz CT molecular complexity index is 363. The molecule has 0 spiro atoms. The fraction of sp³-hybridized carbons (Fsp3) is 0.733. The molecular formula is C15H28N4O. The first-order valence-electron chi connectivity index (χ1n) is 7.54. The van der Waals surface area contributed by atoms with Crippen LogP contribution in [-0.2, 0) is 6.54 Å². The molecular weight excluding hydrogens is 252 g/mol. The van der Waals surface area contributed by atoms with Gasteiger partial charge in [0.15, 0.2) is 0 Å². The maximum Gasteiger partial charge on any atom is 0.225 e. The molecule has 5 nitrogen and oxygen atoms in total. The number of aromatic nitrogens is 2. The number of hydrogen-bond donors (Lipinski definition) is 2. The van der Waals surface area contributed by atoms with Gasteiger partial charge in [-0.05, 0) is 12.8 Å². The smallest absolute Gasteiger partial charge is 0.225 e. The number of aliphatic hydroxyl groups is 1. The summed E-state index contributed by atoms with van der Waals surface area (Å²) in [6.45, 7) is 10.0. The highest BCUT2D eigenvalue weighted by atomic mass is 16.3. The van der Waals surface area contributed by atoms with Crippen molar-refractivity contribution in [2.45, 2.75) is 59.2 Å². The van der Waals surface area contributed by atoms with E-state index in [9.17, 15) is 5.11 Å². The molecule has 1 heterocycles. The van der Waals surface area contributed by atoms with E-state index in [4.69, 9.17) is 0 Å². The molecule has 0 radical (unpaired) electrons. The fourth-order valence-electron chi connectivity index (χ4n) is 2.19. The van der Waals surface area contributed by atoms with Gasteiger partial charge < -0.3 is 15.3 Å². The molecule has 0 saturated heterocycles. The van der Waals surface area contributed by atoms with Crippen LogP contribution in [0.3, 0.4) is 0 Å². The predicted molar refractivity (Wildman–Crippen MR) is 82.8 cm³/mol. The lowest BCUT2D eigenvalue weighted by Gasteiger charge is -2.29. The van der Waals surface area contributed by atoms with Crippen molar-refractivity contribution in [3.63, 3.8) is 0 Å². The van der Waals surface area contributed by atoms with E-state index >= 15 is 0 Å². The number of hydrogen-bond acceptors (Lipinski definition) is 5. The zero-order chi connectivity index (χ0) is 15.0. The van der Waals surface area contributed by atoms with Gasteiger partial charge in [0.05, 0.1) is 6.61 Å². The van der Waals surface area contributed by atoms with Crippen LogP contribution in [0, 0.1) is 0 Å². The molecule has 0 amide bonds. The Kier molecular flexibility index (Phi) is 7.47. The molecule has 1 aromatic heterocycles. The van der Waals surface area contributed by atoms with Crippen LogP contribution in [0.25, 0.3) is 0 Å². The summed E-state index contributed by atoms with van der Waals surface area (Å²) in [6.07, 6.45) is 5.78. The van der Waals surface area contributed by atoms with Crippen LogP contribution in [0.1, 0.15) is 46.1 Å². The SMILES string of the molecule is CCC(CC)N(CCO)c1ncc(CNC(C)C)cn1. The lowest BCUT2D eigenvalue weighted by Crippen LogP contribution is -2.38. The van der Waals surface area contributed by atoms with Crippen LogP contribution in [0.2, 0.25) is 0 Å². The van der Waals surface area contributed by atoms with Crippen molar-refractivity contribution in [2.24, 2.45) is 0 Å². The van der Waals surface area contributed by atoms with E-state index in [1.54, 1.807) is 0 Å². The van der Waals surface area contributed by atoms with Crippen LogP contribution in [-0.4, -0.2) is 40.3 Å². The Hall–Kier alpha value is -1.20. The number of nitrogens with zero attached hydrogens (tertiary/aromatic N) is 3. The van der Waals surface area contributed by atoms with Crippen molar-refractivity contribution < 1.29 is 5.11 Å². The molecule has 0 aliphatic carbocycles. The van der Waals surface area contributed by atoms with Crippen molar-refractivity contribution >= 4 is 5.95 Å². The maximum atomic E-state index is 9.23. The normalized spacial score (nSPS) is 11.3. The average Bonchev–Trinajstić information content (AvgIpc) is 2.46. The number of anilines is 1. The third-order valence-electron chi connectivity index (χ3n) is 3.39. The molecule has 0 unspecified atom stereocenters. The van der Waals surface area contributed by atoms with E-state index in [0.29, 0.717) is 24.6 Å². The summed E-state index contributed by atoms with van der Waals surface area (Å²) < 4.78 is 0. The lowest BCUT2D eigenvalue weighted by atomic mass is 10.1.